The fourth-order valence-corrected chi connectivity index (χ4v) is 7.71. The van der Waals surface area contributed by atoms with E-state index in [1.807, 2.05) is 84.9 Å². The fourth-order valence-electron chi connectivity index (χ4n) is 7.71. The zero-order valence-corrected chi connectivity index (χ0v) is 33.6. The molecule has 0 aliphatic heterocycles. The third kappa shape index (κ3) is 18.0. The van der Waals surface area contributed by atoms with Crippen LogP contribution in [0.5, 0.6) is 0 Å². The molecule has 0 aromatic heterocycles. The molecule has 0 aliphatic carbocycles. The maximum atomic E-state index is 12.6. The topological polar surface area (TPSA) is 34.1 Å². The number of carbonyl (C=O) groups excluding carboxylic acids is 2. The molecule has 0 unspecified atom stereocenters. The Morgan fingerprint density at radius 3 is 0.685 bits per heavy atom. The Morgan fingerprint density at radius 2 is 0.444 bits per heavy atom. The molecule has 4 rings (SSSR count). The minimum Gasteiger partial charge on any atom is -0.289 e. The van der Waals surface area contributed by atoms with E-state index in [4.69, 9.17) is 0 Å². The number of hydrogen-bond acceptors (Lipinski definition) is 2. The van der Waals surface area contributed by atoms with Crippen LogP contribution in [0.4, 0.5) is 0 Å². The van der Waals surface area contributed by atoms with Gasteiger partial charge < -0.3 is 0 Å². The lowest BCUT2D eigenvalue weighted by molar-refractivity contribution is 0.103. The van der Waals surface area contributed by atoms with Crippen molar-refractivity contribution in [1.82, 2.24) is 0 Å². The zero-order valence-electron chi connectivity index (χ0n) is 33.6. The molecule has 54 heavy (non-hydrogen) atoms. The third-order valence-corrected chi connectivity index (χ3v) is 11.2. The summed E-state index contributed by atoms with van der Waals surface area (Å²) < 4.78 is 0. The van der Waals surface area contributed by atoms with Gasteiger partial charge in [0.1, 0.15) is 0 Å². The van der Waals surface area contributed by atoms with Crippen LogP contribution in [0.3, 0.4) is 0 Å². The van der Waals surface area contributed by atoms with E-state index in [1.54, 1.807) is 0 Å². The summed E-state index contributed by atoms with van der Waals surface area (Å²) in [5.41, 5.74) is 5.77. The lowest BCUT2D eigenvalue weighted by Crippen LogP contribution is -2.01. The van der Waals surface area contributed by atoms with Crippen molar-refractivity contribution in [3.05, 3.63) is 143 Å². The van der Waals surface area contributed by atoms with Gasteiger partial charge in [0, 0.05) is 22.3 Å². The molecule has 4 aromatic rings. The Kier molecular flexibility index (Phi) is 22.1. The van der Waals surface area contributed by atoms with Crippen molar-refractivity contribution >= 4 is 11.6 Å². The number of hydrogen-bond donors (Lipinski definition) is 0. The van der Waals surface area contributed by atoms with Crippen molar-refractivity contribution in [2.75, 3.05) is 0 Å². The SMILES string of the molecule is O=C(c1ccccc1)c1ccc(CCCCCCCCCCCCCCCCCCCCCCCCCCc2ccc(C(=O)c3ccccc3)cc2)cc1. The van der Waals surface area contributed by atoms with Crippen molar-refractivity contribution in [2.24, 2.45) is 0 Å². The van der Waals surface area contributed by atoms with Gasteiger partial charge in [-0.2, -0.15) is 0 Å². The summed E-state index contributed by atoms with van der Waals surface area (Å²) in [6.45, 7) is 0. The van der Waals surface area contributed by atoms with Gasteiger partial charge in [0.05, 0.1) is 0 Å². The number of unbranched alkanes of at least 4 members (excludes halogenated alkanes) is 23. The minimum absolute atomic E-state index is 0.107. The molecule has 0 bridgehead atoms. The number of benzene rings is 4. The number of ketones is 2. The molecule has 290 valence electrons. The second-order valence-corrected chi connectivity index (χ2v) is 15.8. The van der Waals surface area contributed by atoms with Crippen LogP contribution in [-0.2, 0) is 12.8 Å². The van der Waals surface area contributed by atoms with E-state index in [0.717, 1.165) is 35.1 Å². The maximum absolute atomic E-state index is 12.6. The molecule has 0 amide bonds. The molecule has 0 aliphatic rings. The molecule has 2 heteroatoms. The van der Waals surface area contributed by atoms with Crippen molar-refractivity contribution in [1.29, 1.82) is 0 Å². The predicted octanol–water partition coefficient (Wildman–Crippen LogP) is 15.3. The van der Waals surface area contributed by atoms with E-state index in [0.29, 0.717) is 0 Å². The van der Waals surface area contributed by atoms with Crippen LogP contribution in [0.15, 0.2) is 109 Å². The highest BCUT2D eigenvalue weighted by molar-refractivity contribution is 6.09. The molecular weight excluding hydrogens is 657 g/mol. The quantitative estimate of drug-likeness (QED) is 0.0382. The minimum atomic E-state index is 0.107. The van der Waals surface area contributed by atoms with E-state index in [-0.39, 0.29) is 11.6 Å². The third-order valence-electron chi connectivity index (χ3n) is 11.2. The molecule has 0 atom stereocenters. The van der Waals surface area contributed by atoms with Crippen LogP contribution in [0.25, 0.3) is 0 Å². The highest BCUT2D eigenvalue weighted by atomic mass is 16.1. The Morgan fingerprint density at radius 1 is 0.241 bits per heavy atom. The van der Waals surface area contributed by atoms with Crippen molar-refractivity contribution < 1.29 is 9.59 Å². The standard InChI is InChI=1S/C52H70O2/c53-51(47-33-27-23-28-34-47)49-41-37-45(38-42-49)31-25-21-19-17-15-13-11-9-7-5-3-1-2-4-6-8-10-12-14-16-18-20-22-26-32-46-39-43-50(44-40-46)52(54)48-35-29-24-30-36-48/h23-24,27-30,33-44H,1-22,25-26,31-32H2. The van der Waals surface area contributed by atoms with Crippen LogP contribution in [0.2, 0.25) is 0 Å². The summed E-state index contributed by atoms with van der Waals surface area (Å²) in [5.74, 6) is 0.215. The van der Waals surface area contributed by atoms with Gasteiger partial charge in [0.15, 0.2) is 11.6 Å². The van der Waals surface area contributed by atoms with E-state index < -0.39 is 0 Å². The van der Waals surface area contributed by atoms with Gasteiger partial charge in [0.2, 0.25) is 0 Å². The summed E-state index contributed by atoms with van der Waals surface area (Å²) in [7, 11) is 0. The van der Waals surface area contributed by atoms with Gasteiger partial charge in [-0.1, -0.05) is 250 Å². The monoisotopic (exact) mass is 727 g/mol. The predicted molar refractivity (Wildman–Crippen MR) is 231 cm³/mol. The molecule has 0 N–H and O–H groups in total. The van der Waals surface area contributed by atoms with Crippen LogP contribution in [-0.4, -0.2) is 11.6 Å². The van der Waals surface area contributed by atoms with Crippen molar-refractivity contribution in [3.8, 4) is 0 Å². The molecule has 0 heterocycles. The van der Waals surface area contributed by atoms with E-state index in [9.17, 15) is 9.59 Å². The van der Waals surface area contributed by atoms with Crippen LogP contribution in [0, 0.1) is 0 Å². The van der Waals surface area contributed by atoms with Crippen LogP contribution in [0.1, 0.15) is 197 Å². The van der Waals surface area contributed by atoms with E-state index in [1.165, 1.54) is 165 Å². The molecule has 0 fully saturated rings. The molecule has 0 spiro atoms. The second-order valence-electron chi connectivity index (χ2n) is 15.8. The van der Waals surface area contributed by atoms with Gasteiger partial charge in [-0.3, -0.25) is 9.59 Å². The second kappa shape index (κ2) is 27.7. The molecule has 0 saturated carbocycles. The van der Waals surface area contributed by atoms with E-state index >= 15 is 0 Å². The lowest BCUT2D eigenvalue weighted by Gasteiger charge is -2.06. The average molecular weight is 727 g/mol. The largest absolute Gasteiger partial charge is 0.289 e. The first-order valence-electron chi connectivity index (χ1n) is 22.1. The van der Waals surface area contributed by atoms with Crippen LogP contribution >= 0.6 is 0 Å². The van der Waals surface area contributed by atoms with Crippen LogP contribution < -0.4 is 0 Å². The van der Waals surface area contributed by atoms with Gasteiger partial charge >= 0.3 is 0 Å². The maximum Gasteiger partial charge on any atom is 0.193 e. The number of rotatable bonds is 31. The Balaban J connectivity index is 0.819. The lowest BCUT2D eigenvalue weighted by atomic mass is 9.99. The Bertz CT molecular complexity index is 1400. The highest BCUT2D eigenvalue weighted by Gasteiger charge is 2.09. The first kappa shape index (κ1) is 43.0. The van der Waals surface area contributed by atoms with Gasteiger partial charge in [0.25, 0.3) is 0 Å². The molecular formula is C52H70O2. The summed E-state index contributed by atoms with van der Waals surface area (Å²) in [6.07, 6.45) is 35.6. The van der Waals surface area contributed by atoms with Crippen molar-refractivity contribution in [2.45, 2.75) is 167 Å². The number of carbonyl (C=O) groups is 2. The molecule has 0 radical (unpaired) electrons. The smallest absolute Gasteiger partial charge is 0.193 e. The fraction of sp³-hybridized carbons (Fsp3) is 0.500. The normalized spacial score (nSPS) is 11.2. The Hall–Kier alpha value is -3.78. The van der Waals surface area contributed by atoms with E-state index in [2.05, 4.69) is 24.3 Å². The van der Waals surface area contributed by atoms with Gasteiger partial charge in [-0.25, -0.2) is 0 Å². The highest BCUT2D eigenvalue weighted by Crippen LogP contribution is 2.18. The summed E-state index contributed by atoms with van der Waals surface area (Å²) in [6, 6.07) is 35.6. The Labute approximate surface area is 329 Å². The van der Waals surface area contributed by atoms with Gasteiger partial charge in [-0.15, -0.1) is 0 Å². The summed E-state index contributed by atoms with van der Waals surface area (Å²) in [4.78, 5) is 25.2. The first-order chi connectivity index (χ1) is 26.7. The van der Waals surface area contributed by atoms with Crippen molar-refractivity contribution in [3.63, 3.8) is 0 Å². The molecule has 0 saturated heterocycles. The molecule has 2 nitrogen and oxygen atoms in total. The zero-order chi connectivity index (χ0) is 37.7. The summed E-state index contributed by atoms with van der Waals surface area (Å²) >= 11 is 0. The summed E-state index contributed by atoms with van der Waals surface area (Å²) in [5, 5.41) is 0. The molecule has 4 aromatic carbocycles. The first-order valence-corrected chi connectivity index (χ1v) is 22.1. The number of aryl methyl sites for hydroxylation is 2. The van der Waals surface area contributed by atoms with Gasteiger partial charge in [-0.05, 0) is 36.8 Å². The average Bonchev–Trinajstić information content (AvgIpc) is 3.22.